The molecule has 2 aromatic rings. The number of amidine groups is 1. The molecule has 1 saturated heterocycles. The van der Waals surface area contributed by atoms with E-state index < -0.39 is 15.3 Å². The van der Waals surface area contributed by atoms with Crippen molar-refractivity contribution in [2.45, 2.75) is 23.0 Å². The van der Waals surface area contributed by atoms with E-state index >= 15 is 0 Å². The average molecular weight is 492 g/mol. The van der Waals surface area contributed by atoms with E-state index in [1.54, 1.807) is 56.7 Å². The monoisotopic (exact) mass is 491 g/mol. The van der Waals surface area contributed by atoms with Gasteiger partial charge in [-0.2, -0.15) is 8.42 Å². The number of nitrogens with zero attached hydrogens (tertiary/aromatic N) is 2. The van der Waals surface area contributed by atoms with Crippen LogP contribution in [0.3, 0.4) is 0 Å². The second kappa shape index (κ2) is 11.3. The molecule has 2 amide bonds. The van der Waals surface area contributed by atoms with Gasteiger partial charge in [-0.15, -0.1) is 4.40 Å². The molecule has 2 aromatic carbocycles. The van der Waals surface area contributed by atoms with Crippen LogP contribution in [-0.2, 0) is 24.3 Å². The van der Waals surface area contributed by atoms with E-state index in [1.807, 2.05) is 0 Å². The summed E-state index contributed by atoms with van der Waals surface area (Å²) in [7, 11) is -0.917. The van der Waals surface area contributed by atoms with Crippen molar-refractivity contribution in [3.05, 3.63) is 54.6 Å². The Balaban J connectivity index is 1.76. The molecule has 0 bridgehead atoms. The molecular formula is C22H25N3O6S2. The number of anilines is 1. The number of benzene rings is 2. The minimum atomic E-state index is -4.01. The molecule has 1 fully saturated rings. The lowest BCUT2D eigenvalue weighted by molar-refractivity contribution is -0.128. The maximum atomic E-state index is 13.0. The molecule has 0 aliphatic carbocycles. The van der Waals surface area contributed by atoms with Crippen LogP contribution in [0.2, 0.25) is 0 Å². The van der Waals surface area contributed by atoms with Crippen molar-refractivity contribution in [3.63, 3.8) is 0 Å². The fourth-order valence-corrected chi connectivity index (χ4v) is 5.49. The van der Waals surface area contributed by atoms with E-state index in [0.29, 0.717) is 24.5 Å². The summed E-state index contributed by atoms with van der Waals surface area (Å²) in [5.41, 5.74) is 0.564. The summed E-state index contributed by atoms with van der Waals surface area (Å²) in [6.07, 6.45) is 0.374. The number of nitrogens with one attached hydrogen (secondary N) is 1. The van der Waals surface area contributed by atoms with Gasteiger partial charge in [-0.05, 0) is 42.8 Å². The molecule has 1 N–H and O–H groups in total. The van der Waals surface area contributed by atoms with Crippen LogP contribution >= 0.6 is 11.8 Å². The highest BCUT2D eigenvalue weighted by atomic mass is 32.2. The zero-order valence-electron chi connectivity index (χ0n) is 18.3. The number of amides is 2. The van der Waals surface area contributed by atoms with Crippen LogP contribution in [0.25, 0.3) is 0 Å². The lowest BCUT2D eigenvalue weighted by atomic mass is 10.2. The quantitative estimate of drug-likeness (QED) is 0.508. The lowest BCUT2D eigenvalue weighted by Crippen LogP contribution is -2.35. The van der Waals surface area contributed by atoms with E-state index in [2.05, 4.69) is 9.71 Å². The fourth-order valence-electron chi connectivity index (χ4n) is 3.08. The Bertz CT molecular complexity index is 1100. The Morgan fingerprint density at radius 3 is 2.45 bits per heavy atom. The molecule has 1 heterocycles. The first-order valence-electron chi connectivity index (χ1n) is 10.1. The SMILES string of the molecule is COCCCN1C(=O)C(CC(=O)Nc2ccc(OC)cc2)S/C1=N\S(=O)(=O)c1ccccc1. The normalized spacial score (nSPS) is 17.4. The number of carbonyl (C=O) groups is 2. The zero-order chi connectivity index (χ0) is 23.8. The van der Waals surface area contributed by atoms with Gasteiger partial charge in [-0.25, -0.2) is 0 Å². The van der Waals surface area contributed by atoms with Gasteiger partial charge in [0.2, 0.25) is 11.8 Å². The molecule has 33 heavy (non-hydrogen) atoms. The molecule has 1 unspecified atom stereocenters. The van der Waals surface area contributed by atoms with Crippen LogP contribution in [0, 0.1) is 0 Å². The number of sulfonamides is 1. The molecule has 176 valence electrons. The summed E-state index contributed by atoms with van der Waals surface area (Å²) in [6.45, 7) is 0.634. The third kappa shape index (κ3) is 6.56. The van der Waals surface area contributed by atoms with Gasteiger partial charge in [-0.3, -0.25) is 14.5 Å². The first kappa shape index (κ1) is 24.7. The van der Waals surface area contributed by atoms with E-state index in [4.69, 9.17) is 9.47 Å². The summed E-state index contributed by atoms with van der Waals surface area (Å²) < 4.78 is 39.5. The zero-order valence-corrected chi connectivity index (χ0v) is 19.9. The van der Waals surface area contributed by atoms with Gasteiger partial charge < -0.3 is 14.8 Å². The first-order chi connectivity index (χ1) is 15.8. The van der Waals surface area contributed by atoms with Crippen LogP contribution in [0.4, 0.5) is 5.69 Å². The molecule has 1 atom stereocenters. The number of hydrogen-bond acceptors (Lipinski definition) is 7. The highest BCUT2D eigenvalue weighted by Gasteiger charge is 2.40. The smallest absolute Gasteiger partial charge is 0.284 e. The molecule has 1 aliphatic heterocycles. The number of hydrogen-bond donors (Lipinski definition) is 1. The molecule has 3 rings (SSSR count). The van der Waals surface area contributed by atoms with Gasteiger partial charge in [0, 0.05) is 32.4 Å². The Labute approximate surface area is 197 Å². The molecule has 1 aliphatic rings. The van der Waals surface area contributed by atoms with Crippen LogP contribution < -0.4 is 10.1 Å². The number of rotatable bonds is 10. The standard InChI is InChI=1S/C22H25N3O6S2/c1-30-14-6-13-25-21(27)19(15-20(26)23-16-9-11-17(31-2)12-10-16)32-22(25)24-33(28,29)18-7-4-3-5-8-18/h3-5,7-12,19H,6,13-15H2,1-2H3,(H,23,26)/b24-22-. The lowest BCUT2D eigenvalue weighted by Gasteiger charge is -2.16. The molecule has 9 nitrogen and oxygen atoms in total. The largest absolute Gasteiger partial charge is 0.497 e. The van der Waals surface area contributed by atoms with Crippen molar-refractivity contribution in [1.29, 1.82) is 0 Å². The summed E-state index contributed by atoms with van der Waals surface area (Å²) in [5, 5.41) is 2.02. The average Bonchev–Trinajstić information content (AvgIpc) is 3.08. The summed E-state index contributed by atoms with van der Waals surface area (Å²) >= 11 is 0.977. The fraction of sp³-hybridized carbons (Fsp3) is 0.318. The maximum Gasteiger partial charge on any atom is 0.284 e. The van der Waals surface area contributed by atoms with Crippen LogP contribution in [0.15, 0.2) is 63.9 Å². The summed E-state index contributed by atoms with van der Waals surface area (Å²) in [4.78, 5) is 26.9. The highest BCUT2D eigenvalue weighted by molar-refractivity contribution is 8.16. The second-order valence-corrected chi connectivity index (χ2v) is 9.86. The Hall–Kier alpha value is -2.89. The molecule has 0 aromatic heterocycles. The molecule has 0 spiro atoms. The third-order valence-electron chi connectivity index (χ3n) is 4.73. The van der Waals surface area contributed by atoms with Crippen LogP contribution in [0.5, 0.6) is 5.75 Å². The van der Waals surface area contributed by atoms with Gasteiger partial charge in [0.25, 0.3) is 10.0 Å². The van der Waals surface area contributed by atoms with Crippen LogP contribution in [-0.4, -0.2) is 62.9 Å². The van der Waals surface area contributed by atoms with Gasteiger partial charge in [-0.1, -0.05) is 30.0 Å². The van der Waals surface area contributed by atoms with Crippen molar-refractivity contribution in [1.82, 2.24) is 4.90 Å². The first-order valence-corrected chi connectivity index (χ1v) is 12.5. The Kier molecular flexibility index (Phi) is 8.48. The number of ether oxygens (including phenoxy) is 2. The van der Waals surface area contributed by atoms with Crippen molar-refractivity contribution in [3.8, 4) is 5.75 Å². The van der Waals surface area contributed by atoms with Crippen molar-refractivity contribution in [2.75, 3.05) is 32.7 Å². The van der Waals surface area contributed by atoms with E-state index in [0.717, 1.165) is 11.8 Å². The molecule has 0 saturated carbocycles. The third-order valence-corrected chi connectivity index (χ3v) is 7.31. The second-order valence-electron chi connectivity index (χ2n) is 7.09. The number of thioether (sulfide) groups is 1. The maximum absolute atomic E-state index is 13.0. The molecular weight excluding hydrogens is 466 g/mol. The summed E-state index contributed by atoms with van der Waals surface area (Å²) in [5.74, 6) is -0.0697. The topological polar surface area (TPSA) is 114 Å². The van der Waals surface area contributed by atoms with Crippen molar-refractivity contribution in [2.24, 2.45) is 4.40 Å². The van der Waals surface area contributed by atoms with Gasteiger partial charge >= 0.3 is 0 Å². The Morgan fingerprint density at radius 2 is 1.82 bits per heavy atom. The predicted octanol–water partition coefficient (Wildman–Crippen LogP) is 2.75. The van der Waals surface area contributed by atoms with Crippen molar-refractivity contribution < 1.29 is 27.5 Å². The van der Waals surface area contributed by atoms with E-state index in [-0.39, 0.29) is 34.8 Å². The summed E-state index contributed by atoms with van der Waals surface area (Å²) in [6, 6.07) is 14.6. The highest BCUT2D eigenvalue weighted by Crippen LogP contribution is 2.31. The van der Waals surface area contributed by atoms with E-state index in [9.17, 15) is 18.0 Å². The van der Waals surface area contributed by atoms with Gasteiger partial charge in [0.15, 0.2) is 5.17 Å². The molecule has 0 radical (unpaired) electrons. The Morgan fingerprint density at radius 1 is 1.12 bits per heavy atom. The minimum absolute atomic E-state index is 0.0306. The van der Waals surface area contributed by atoms with Gasteiger partial charge in [0.05, 0.1) is 12.0 Å². The van der Waals surface area contributed by atoms with Gasteiger partial charge in [0.1, 0.15) is 11.0 Å². The predicted molar refractivity (Wildman–Crippen MR) is 127 cm³/mol. The van der Waals surface area contributed by atoms with Crippen molar-refractivity contribution >= 4 is 44.5 Å². The van der Waals surface area contributed by atoms with Crippen LogP contribution in [0.1, 0.15) is 12.8 Å². The number of carbonyl (C=O) groups excluding carboxylic acids is 2. The molecule has 11 heteroatoms. The van der Waals surface area contributed by atoms with E-state index in [1.165, 1.54) is 17.0 Å². The number of methoxy groups -OCH3 is 2. The minimum Gasteiger partial charge on any atom is -0.497 e.